The van der Waals surface area contributed by atoms with Crippen molar-refractivity contribution in [2.24, 2.45) is 0 Å². The maximum atomic E-state index is 16.0. The number of benzene rings is 17. The van der Waals surface area contributed by atoms with E-state index in [9.17, 15) is 0 Å². The number of carbonyl (C=O) groups is 3. The summed E-state index contributed by atoms with van der Waals surface area (Å²) in [5.74, 6) is 28.5. The first-order valence-corrected chi connectivity index (χ1v) is 43.1. The monoisotopic (exact) mass is 1660 g/mol. The topological polar surface area (TPSA) is 69.7 Å². The smallest absolute Gasteiger partial charge is 0.195 e. The number of allylic oxidation sites excluding steroid dienone is 12. The minimum atomic E-state index is -0.127. The predicted octanol–water partition coefficient (Wildman–Crippen LogP) is 27.9. The van der Waals surface area contributed by atoms with Gasteiger partial charge in [0.25, 0.3) is 0 Å². The second-order valence-corrected chi connectivity index (χ2v) is 31.6. The van der Waals surface area contributed by atoms with Gasteiger partial charge in [-0.15, -0.1) is 0 Å². The van der Waals surface area contributed by atoms with Crippen LogP contribution in [-0.2, 0) is 14.4 Å². The zero-order valence-electron chi connectivity index (χ0n) is 70.4. The molecule has 0 fully saturated rings. The highest BCUT2D eigenvalue weighted by molar-refractivity contribution is 6.61. The summed E-state index contributed by atoms with van der Waals surface area (Å²) < 4.78 is 13.6. The van der Waals surface area contributed by atoms with E-state index >= 15 is 14.4 Å². The zero-order valence-corrected chi connectivity index (χ0v) is 70.4. The minimum absolute atomic E-state index is 0.0715. The molecule has 5 nitrogen and oxygen atoms in total. The fourth-order valence-corrected chi connectivity index (χ4v) is 17.0. The summed E-state index contributed by atoms with van der Waals surface area (Å²) in [4.78, 5) is 47.4. The Hall–Kier alpha value is -18.0. The van der Waals surface area contributed by atoms with Gasteiger partial charge in [-0.2, -0.15) is 0 Å². The molecule has 0 aromatic heterocycles. The summed E-state index contributed by atoms with van der Waals surface area (Å²) in [6.07, 6.45) is 0. The van der Waals surface area contributed by atoms with Crippen molar-refractivity contribution < 1.29 is 23.9 Å². The average Bonchev–Trinajstić information content (AvgIpc) is 1.59. The lowest BCUT2D eigenvalue weighted by molar-refractivity contribution is -0.109. The molecule has 606 valence electrons. The molecule has 0 amide bonds. The molecule has 0 atom stereocenters. The van der Waals surface area contributed by atoms with Crippen LogP contribution in [0.25, 0.3) is 78.0 Å². The molecule has 3 aliphatic carbocycles. The number of rotatable bonds is 17. The fraction of sp³-hybridized carbons (Fsp3) is 0. The molecule has 20 rings (SSSR count). The quantitative estimate of drug-likeness (QED) is 0.0850. The van der Waals surface area contributed by atoms with E-state index in [-0.39, 0.29) is 17.3 Å². The molecule has 0 aliphatic heterocycles. The van der Waals surface area contributed by atoms with E-state index in [2.05, 4.69) is 108 Å². The Morgan fingerprint density at radius 3 is 0.431 bits per heavy atom. The summed E-state index contributed by atoms with van der Waals surface area (Å²) in [5.41, 5.74) is 26.9. The van der Waals surface area contributed by atoms with Crippen LogP contribution in [0.15, 0.2) is 461 Å². The van der Waals surface area contributed by atoms with Crippen molar-refractivity contribution in [3.05, 3.63) is 572 Å². The summed E-state index contributed by atoms with van der Waals surface area (Å²) >= 11 is 0. The van der Waals surface area contributed by atoms with Crippen LogP contribution in [0.2, 0.25) is 0 Å². The summed E-state index contributed by atoms with van der Waals surface area (Å²) in [6.45, 7) is 0. The van der Waals surface area contributed by atoms with Crippen LogP contribution >= 0.6 is 0 Å². The lowest BCUT2D eigenvalue weighted by Gasteiger charge is -2.16. The van der Waals surface area contributed by atoms with Crippen LogP contribution in [0, 0.1) is 47.4 Å². The van der Waals surface area contributed by atoms with Gasteiger partial charge in [-0.1, -0.05) is 363 Å². The number of ketones is 3. The van der Waals surface area contributed by atoms with Crippen molar-refractivity contribution in [2.45, 2.75) is 0 Å². The van der Waals surface area contributed by atoms with Crippen molar-refractivity contribution in [3.8, 4) is 81.5 Å². The Balaban J connectivity index is 0.639. The second kappa shape index (κ2) is 36.8. The van der Waals surface area contributed by atoms with E-state index in [0.29, 0.717) is 56.4 Å². The highest BCUT2D eigenvalue weighted by atomic mass is 16.5. The molecular weight excluding hydrogens is 1580 g/mol. The van der Waals surface area contributed by atoms with E-state index in [4.69, 9.17) is 9.47 Å². The summed E-state index contributed by atoms with van der Waals surface area (Å²) in [6, 6.07) is 152. The van der Waals surface area contributed by atoms with Crippen molar-refractivity contribution in [2.75, 3.05) is 0 Å². The van der Waals surface area contributed by atoms with Crippen LogP contribution < -0.4 is 9.47 Å². The number of hydrogen-bond donors (Lipinski definition) is 0. The van der Waals surface area contributed by atoms with Gasteiger partial charge in [0.2, 0.25) is 0 Å². The molecule has 0 saturated heterocycles. The first kappa shape index (κ1) is 80.4. The molecule has 0 heterocycles. The molecular formula is C125H76O5. The first-order chi connectivity index (χ1) is 64.2. The van der Waals surface area contributed by atoms with Gasteiger partial charge in [0.15, 0.2) is 17.3 Å². The SMILES string of the molecule is O=C1C(c2ccc(-c3ccccc3)cc2)=C(c2ccc(C#Cc3ccccc3)cc2)C(c2ccc(Oc3ccc(C4=C(c5ccccc5)C(=O)C(c5ccc(C#Cc6ccccc6)cc5)=C4c4ccc(Oc5ccc(C6=C(c7ccc(C#Cc8ccccc8)cc7)C(=O)C(c7ccccc7)=C6c6ccc(C#Cc7ccccc7)cc6)cc5)cc4)cc3)cc2)=C1c1ccccc1. The maximum absolute atomic E-state index is 16.0. The average molecular weight is 1660 g/mol. The summed E-state index contributed by atoms with van der Waals surface area (Å²) in [7, 11) is 0. The number of Topliss-reactive ketones (excluding diaryl/α,β-unsaturated/α-hetero) is 3. The first-order valence-electron chi connectivity index (χ1n) is 43.1. The van der Waals surface area contributed by atoms with Crippen molar-refractivity contribution in [3.63, 3.8) is 0 Å². The largest absolute Gasteiger partial charge is 0.457 e. The number of ether oxygens (including phenoxy) is 2. The van der Waals surface area contributed by atoms with E-state index < -0.39 is 0 Å². The van der Waals surface area contributed by atoms with Crippen molar-refractivity contribution >= 4 is 84.2 Å². The standard InChI is InChI=1S/C125H76O5/c126-123-117(95-35-19-6-20-36-95)111(98-57-49-89(50-58-98)45-41-85-25-9-1-10-26-85)115(120(123)104-61-53-91(54-62-104)47-43-87-29-13-3-14-30-87)102-73-81-109(82-74-102)130-110-83-75-103(76-84-110)116-114(119(97-39-23-8-24-40-97)124(127)121(116)105-63-55-92(56-64-105)48-44-88-31-15-4-16-32-88)101-71-79-108(80-72-101)129-107-77-69-100(70-78-107)113-112(99-59-51-90(52-60-99)46-42-86-27-11-2-12-28-86)122(125(128)118(113)96-37-21-7-22-38-96)106-67-65-94(66-68-106)93-33-17-5-18-34-93/h1-40,49-84H. The molecule has 5 heteroatoms. The van der Waals surface area contributed by atoms with E-state index in [0.717, 1.165) is 156 Å². The van der Waals surface area contributed by atoms with Gasteiger partial charge in [0.05, 0.1) is 0 Å². The molecule has 130 heavy (non-hydrogen) atoms. The molecule has 17 aromatic rings. The molecule has 17 aromatic carbocycles. The lowest BCUT2D eigenvalue weighted by atomic mass is 9.88. The molecule has 0 saturated carbocycles. The molecule has 0 radical (unpaired) electrons. The van der Waals surface area contributed by atoms with Crippen LogP contribution in [0.4, 0.5) is 0 Å². The third-order valence-electron chi connectivity index (χ3n) is 23.3. The Labute approximate surface area is 756 Å². The molecule has 3 aliphatic rings. The van der Waals surface area contributed by atoms with Gasteiger partial charge in [0, 0.05) is 111 Å². The zero-order chi connectivity index (χ0) is 87.5. The third kappa shape index (κ3) is 17.2. The Bertz CT molecular complexity index is 7680. The third-order valence-corrected chi connectivity index (χ3v) is 23.3. The molecule has 0 unspecified atom stereocenters. The van der Waals surface area contributed by atoms with Gasteiger partial charge in [-0.05, 0) is 223 Å². The van der Waals surface area contributed by atoms with Crippen LogP contribution in [0.1, 0.15) is 111 Å². The number of carbonyl (C=O) groups excluding carboxylic acids is 3. The highest BCUT2D eigenvalue weighted by Gasteiger charge is 2.39. The van der Waals surface area contributed by atoms with E-state index in [1.165, 1.54) is 0 Å². The van der Waals surface area contributed by atoms with E-state index in [1.54, 1.807) is 0 Å². The van der Waals surface area contributed by atoms with Crippen molar-refractivity contribution in [1.82, 2.24) is 0 Å². The van der Waals surface area contributed by atoms with E-state index in [1.807, 2.05) is 400 Å². The van der Waals surface area contributed by atoms with Gasteiger partial charge in [-0.3, -0.25) is 14.4 Å². The molecule has 0 spiro atoms. The second-order valence-electron chi connectivity index (χ2n) is 31.6. The van der Waals surface area contributed by atoms with Gasteiger partial charge in [0.1, 0.15) is 23.0 Å². The Morgan fingerprint density at radius 2 is 0.238 bits per heavy atom. The normalized spacial score (nSPS) is 12.8. The lowest BCUT2D eigenvalue weighted by Crippen LogP contribution is -2.02. The molecule has 0 bridgehead atoms. The Kier molecular flexibility index (Phi) is 22.8. The van der Waals surface area contributed by atoms with Gasteiger partial charge >= 0.3 is 0 Å². The van der Waals surface area contributed by atoms with Gasteiger partial charge in [-0.25, -0.2) is 0 Å². The fourth-order valence-electron chi connectivity index (χ4n) is 17.0. The molecule has 0 N–H and O–H groups in total. The minimum Gasteiger partial charge on any atom is -0.457 e. The van der Waals surface area contributed by atoms with Crippen molar-refractivity contribution in [1.29, 1.82) is 0 Å². The van der Waals surface area contributed by atoms with Gasteiger partial charge < -0.3 is 9.47 Å². The van der Waals surface area contributed by atoms with Crippen LogP contribution in [0.5, 0.6) is 23.0 Å². The highest BCUT2D eigenvalue weighted by Crippen LogP contribution is 2.54. The Morgan fingerprint density at radius 1 is 0.115 bits per heavy atom. The van der Waals surface area contributed by atoms with Crippen LogP contribution in [0.3, 0.4) is 0 Å². The maximum Gasteiger partial charge on any atom is 0.195 e. The number of hydrogen-bond acceptors (Lipinski definition) is 5. The summed E-state index contributed by atoms with van der Waals surface area (Å²) in [5, 5.41) is 0. The van der Waals surface area contributed by atoms with Crippen LogP contribution in [-0.4, -0.2) is 17.3 Å². The predicted molar refractivity (Wildman–Crippen MR) is 528 cm³/mol.